The summed E-state index contributed by atoms with van der Waals surface area (Å²) in [6, 6.07) is 5.40. The van der Waals surface area contributed by atoms with Crippen LogP contribution in [-0.4, -0.2) is 25.2 Å². The lowest BCUT2D eigenvalue weighted by molar-refractivity contribution is -0.146. The Morgan fingerprint density at radius 2 is 1.86 bits per heavy atom. The van der Waals surface area contributed by atoms with E-state index in [2.05, 4.69) is 5.32 Å². The third kappa shape index (κ3) is 4.59. The summed E-state index contributed by atoms with van der Waals surface area (Å²) in [5, 5.41) is 11.4. The SMILES string of the molecule is CCOC(=O)C(=CNc1ccc(F)c(C#N)c1)C(=O)OCC. The number of esters is 2. The summed E-state index contributed by atoms with van der Waals surface area (Å²) in [7, 11) is 0. The minimum absolute atomic E-state index is 0.102. The van der Waals surface area contributed by atoms with Crippen molar-refractivity contribution in [2.45, 2.75) is 13.8 Å². The van der Waals surface area contributed by atoms with Crippen LogP contribution in [0.15, 0.2) is 30.0 Å². The number of nitrogens with zero attached hydrogens (tertiary/aromatic N) is 1. The van der Waals surface area contributed by atoms with Gasteiger partial charge >= 0.3 is 11.9 Å². The van der Waals surface area contributed by atoms with Crippen molar-refractivity contribution in [3.8, 4) is 6.07 Å². The molecule has 0 heterocycles. The van der Waals surface area contributed by atoms with Crippen LogP contribution < -0.4 is 5.32 Å². The Labute approximate surface area is 127 Å². The number of hydrogen-bond acceptors (Lipinski definition) is 6. The van der Waals surface area contributed by atoms with Crippen molar-refractivity contribution in [3.63, 3.8) is 0 Å². The fourth-order valence-corrected chi connectivity index (χ4v) is 1.48. The van der Waals surface area contributed by atoms with Gasteiger partial charge in [-0.1, -0.05) is 0 Å². The molecule has 0 aliphatic rings. The highest BCUT2D eigenvalue weighted by Gasteiger charge is 2.20. The fraction of sp³-hybridized carbons (Fsp3) is 0.267. The van der Waals surface area contributed by atoms with Crippen LogP contribution in [0.25, 0.3) is 0 Å². The van der Waals surface area contributed by atoms with Crippen LogP contribution in [-0.2, 0) is 19.1 Å². The van der Waals surface area contributed by atoms with Gasteiger partial charge in [-0.2, -0.15) is 5.26 Å². The number of hydrogen-bond donors (Lipinski definition) is 1. The molecule has 7 heteroatoms. The molecule has 0 saturated heterocycles. The highest BCUT2D eigenvalue weighted by molar-refractivity contribution is 6.14. The summed E-state index contributed by atoms with van der Waals surface area (Å²) in [6.45, 7) is 3.41. The first-order valence-corrected chi connectivity index (χ1v) is 6.54. The van der Waals surface area contributed by atoms with Crippen LogP contribution in [0.1, 0.15) is 19.4 Å². The molecule has 0 spiro atoms. The van der Waals surface area contributed by atoms with Gasteiger partial charge in [-0.25, -0.2) is 14.0 Å². The van der Waals surface area contributed by atoms with Crippen molar-refractivity contribution >= 4 is 17.6 Å². The van der Waals surface area contributed by atoms with E-state index in [0.29, 0.717) is 5.69 Å². The Balaban J connectivity index is 3.00. The zero-order chi connectivity index (χ0) is 16.5. The van der Waals surface area contributed by atoms with Gasteiger partial charge in [0, 0.05) is 11.9 Å². The van der Waals surface area contributed by atoms with Gasteiger partial charge in [-0.05, 0) is 32.0 Å². The molecule has 1 aromatic carbocycles. The van der Waals surface area contributed by atoms with Gasteiger partial charge in [-0.3, -0.25) is 0 Å². The second kappa shape index (κ2) is 8.42. The predicted molar refractivity (Wildman–Crippen MR) is 76.1 cm³/mol. The molecule has 1 aromatic rings. The van der Waals surface area contributed by atoms with Gasteiger partial charge < -0.3 is 14.8 Å². The quantitative estimate of drug-likeness (QED) is 0.375. The molecule has 1 N–H and O–H groups in total. The predicted octanol–water partition coefficient (Wildman–Crippen LogP) is 2.12. The fourth-order valence-electron chi connectivity index (χ4n) is 1.48. The Hall–Kier alpha value is -2.88. The third-order valence-corrected chi connectivity index (χ3v) is 2.46. The number of carbonyl (C=O) groups is 2. The number of nitrogens with one attached hydrogen (secondary N) is 1. The molecule has 0 saturated carbocycles. The third-order valence-electron chi connectivity index (χ3n) is 2.46. The molecule has 0 bridgehead atoms. The van der Waals surface area contributed by atoms with Crippen molar-refractivity contribution < 1.29 is 23.5 Å². The molecule has 116 valence electrons. The van der Waals surface area contributed by atoms with Gasteiger partial charge in [0.1, 0.15) is 11.9 Å². The smallest absolute Gasteiger partial charge is 0.347 e. The molecule has 1 rings (SSSR count). The zero-order valence-electron chi connectivity index (χ0n) is 12.2. The number of carbonyl (C=O) groups excluding carboxylic acids is 2. The summed E-state index contributed by atoms with van der Waals surface area (Å²) in [5.74, 6) is -2.33. The van der Waals surface area contributed by atoms with Crippen molar-refractivity contribution in [3.05, 3.63) is 41.4 Å². The Morgan fingerprint density at radius 1 is 1.27 bits per heavy atom. The van der Waals surface area contributed by atoms with Crippen molar-refractivity contribution in [1.82, 2.24) is 0 Å². The second-order valence-electron chi connectivity index (χ2n) is 3.95. The van der Waals surface area contributed by atoms with E-state index in [1.54, 1.807) is 19.9 Å². The largest absolute Gasteiger partial charge is 0.462 e. The van der Waals surface area contributed by atoms with E-state index in [0.717, 1.165) is 12.3 Å². The minimum Gasteiger partial charge on any atom is -0.462 e. The molecule has 0 amide bonds. The summed E-state index contributed by atoms with van der Waals surface area (Å²) in [6.07, 6.45) is 1.10. The summed E-state index contributed by atoms with van der Waals surface area (Å²) in [5.41, 5.74) is -0.150. The van der Waals surface area contributed by atoms with Crippen molar-refractivity contribution in [2.24, 2.45) is 0 Å². The molecule has 0 aliphatic carbocycles. The maximum Gasteiger partial charge on any atom is 0.347 e. The number of benzene rings is 1. The lowest BCUT2D eigenvalue weighted by atomic mass is 10.2. The Morgan fingerprint density at radius 3 is 2.36 bits per heavy atom. The average molecular weight is 306 g/mol. The zero-order valence-corrected chi connectivity index (χ0v) is 12.2. The molecule has 22 heavy (non-hydrogen) atoms. The maximum atomic E-state index is 13.2. The van der Waals surface area contributed by atoms with E-state index in [1.807, 2.05) is 0 Å². The van der Waals surface area contributed by atoms with Crippen LogP contribution in [0, 0.1) is 17.1 Å². The highest BCUT2D eigenvalue weighted by atomic mass is 19.1. The second-order valence-corrected chi connectivity index (χ2v) is 3.95. The van der Waals surface area contributed by atoms with Crippen LogP contribution in [0.3, 0.4) is 0 Å². The minimum atomic E-state index is -0.837. The van der Waals surface area contributed by atoms with E-state index in [9.17, 15) is 14.0 Å². The number of nitriles is 1. The van der Waals surface area contributed by atoms with Crippen LogP contribution >= 0.6 is 0 Å². The van der Waals surface area contributed by atoms with Gasteiger partial charge in [-0.15, -0.1) is 0 Å². The molecule has 0 unspecified atom stereocenters. The number of halogens is 1. The Kier molecular flexibility index (Phi) is 6.57. The van der Waals surface area contributed by atoms with E-state index in [-0.39, 0.29) is 24.4 Å². The number of rotatable bonds is 6. The van der Waals surface area contributed by atoms with Gasteiger partial charge in [0.25, 0.3) is 0 Å². The normalized spacial score (nSPS) is 9.36. The topological polar surface area (TPSA) is 88.4 Å². The molecule has 0 fully saturated rings. The molecular weight excluding hydrogens is 291 g/mol. The molecular formula is C15H15FN2O4. The van der Waals surface area contributed by atoms with Gasteiger partial charge in [0.05, 0.1) is 18.8 Å². The molecule has 0 radical (unpaired) electrons. The average Bonchev–Trinajstić information content (AvgIpc) is 2.49. The number of anilines is 1. The number of ether oxygens (including phenoxy) is 2. The maximum absolute atomic E-state index is 13.2. The first kappa shape index (κ1) is 17.2. The van der Waals surface area contributed by atoms with Crippen LogP contribution in [0.2, 0.25) is 0 Å². The molecule has 0 aliphatic heterocycles. The summed E-state index contributed by atoms with van der Waals surface area (Å²) in [4.78, 5) is 23.4. The molecule has 0 aromatic heterocycles. The highest BCUT2D eigenvalue weighted by Crippen LogP contribution is 2.14. The van der Waals surface area contributed by atoms with Crippen LogP contribution in [0.5, 0.6) is 0 Å². The first-order valence-electron chi connectivity index (χ1n) is 6.54. The summed E-state index contributed by atoms with van der Waals surface area (Å²) >= 11 is 0. The van der Waals surface area contributed by atoms with Crippen molar-refractivity contribution in [1.29, 1.82) is 5.26 Å². The van der Waals surface area contributed by atoms with E-state index < -0.39 is 17.8 Å². The molecule has 0 atom stereocenters. The molecule has 6 nitrogen and oxygen atoms in total. The lowest BCUT2D eigenvalue weighted by Gasteiger charge is -2.08. The lowest BCUT2D eigenvalue weighted by Crippen LogP contribution is -2.19. The van der Waals surface area contributed by atoms with E-state index in [4.69, 9.17) is 14.7 Å². The first-order chi connectivity index (χ1) is 10.5. The monoisotopic (exact) mass is 306 g/mol. The Bertz CT molecular complexity index is 615. The standard InChI is InChI=1S/C15H15FN2O4/c1-3-21-14(19)12(15(20)22-4-2)9-18-11-5-6-13(16)10(7-11)8-17/h5-7,9,18H,3-4H2,1-2H3. The van der Waals surface area contributed by atoms with Crippen molar-refractivity contribution in [2.75, 3.05) is 18.5 Å². The summed E-state index contributed by atoms with van der Waals surface area (Å²) < 4.78 is 22.7. The van der Waals surface area contributed by atoms with Gasteiger partial charge in [0.2, 0.25) is 0 Å². The van der Waals surface area contributed by atoms with E-state index in [1.165, 1.54) is 12.1 Å². The van der Waals surface area contributed by atoms with Crippen LogP contribution in [0.4, 0.5) is 10.1 Å². The van der Waals surface area contributed by atoms with Gasteiger partial charge in [0.15, 0.2) is 5.57 Å². The van der Waals surface area contributed by atoms with E-state index >= 15 is 0 Å².